The zero-order chi connectivity index (χ0) is 13.2. The van der Waals surface area contributed by atoms with Gasteiger partial charge in [-0.3, -0.25) is 4.79 Å². The van der Waals surface area contributed by atoms with Gasteiger partial charge >= 0.3 is 5.97 Å². The minimum atomic E-state index is -0.758. The number of ether oxygens (including phenoxy) is 2. The predicted molar refractivity (Wildman–Crippen MR) is 66.9 cm³/mol. The Balaban J connectivity index is 2.38. The molecular weight excluding hydrogens is 232 g/mol. The number of hydrogen-bond acceptors (Lipinski definition) is 3. The van der Waals surface area contributed by atoms with E-state index in [1.165, 1.54) is 0 Å². The van der Waals surface area contributed by atoms with Crippen LogP contribution in [0.5, 0.6) is 5.75 Å². The quantitative estimate of drug-likeness (QED) is 0.842. The molecule has 1 aliphatic rings. The first-order valence-electron chi connectivity index (χ1n) is 6.00. The summed E-state index contributed by atoms with van der Waals surface area (Å²) in [6, 6.07) is 5.85. The van der Waals surface area contributed by atoms with E-state index in [9.17, 15) is 4.79 Å². The molecule has 0 aromatic heterocycles. The molecule has 1 N–H and O–H groups in total. The van der Waals surface area contributed by atoms with Crippen molar-refractivity contribution in [3.05, 3.63) is 29.3 Å². The smallest absolute Gasteiger partial charge is 0.304 e. The second-order valence-corrected chi connectivity index (χ2v) is 4.78. The molecule has 0 saturated heterocycles. The molecule has 4 heteroatoms. The van der Waals surface area contributed by atoms with Crippen LogP contribution < -0.4 is 4.74 Å². The first-order chi connectivity index (χ1) is 8.63. The average molecular weight is 250 g/mol. The highest BCUT2D eigenvalue weighted by Gasteiger charge is 2.48. The molecule has 0 amide bonds. The van der Waals surface area contributed by atoms with Crippen molar-refractivity contribution >= 4 is 5.97 Å². The molecule has 0 spiro atoms. The summed E-state index contributed by atoms with van der Waals surface area (Å²) < 4.78 is 10.6. The van der Waals surface area contributed by atoms with Gasteiger partial charge in [-0.25, -0.2) is 0 Å². The van der Waals surface area contributed by atoms with E-state index in [1.54, 1.807) is 14.2 Å². The third-order valence-corrected chi connectivity index (χ3v) is 3.52. The fraction of sp³-hybridized carbons (Fsp3) is 0.500. The van der Waals surface area contributed by atoms with E-state index in [2.05, 4.69) is 0 Å². The summed E-state index contributed by atoms with van der Waals surface area (Å²) in [4.78, 5) is 11.0. The van der Waals surface area contributed by atoms with Gasteiger partial charge in [0.15, 0.2) is 0 Å². The summed E-state index contributed by atoms with van der Waals surface area (Å²) in [6.07, 6.45) is 1.98. The highest BCUT2D eigenvalue weighted by Crippen LogP contribution is 2.54. The second-order valence-electron chi connectivity index (χ2n) is 4.78. The largest absolute Gasteiger partial charge is 0.496 e. The lowest BCUT2D eigenvalue weighted by molar-refractivity contribution is -0.137. The Morgan fingerprint density at radius 1 is 1.39 bits per heavy atom. The van der Waals surface area contributed by atoms with Gasteiger partial charge in [0.2, 0.25) is 0 Å². The van der Waals surface area contributed by atoms with Crippen molar-refractivity contribution in [2.45, 2.75) is 31.3 Å². The van der Waals surface area contributed by atoms with Gasteiger partial charge < -0.3 is 14.6 Å². The van der Waals surface area contributed by atoms with E-state index in [-0.39, 0.29) is 11.8 Å². The van der Waals surface area contributed by atoms with E-state index in [4.69, 9.17) is 14.6 Å². The number of hydrogen-bond donors (Lipinski definition) is 1. The molecule has 98 valence electrons. The molecule has 0 radical (unpaired) electrons. The highest BCUT2D eigenvalue weighted by molar-refractivity contribution is 5.70. The Hall–Kier alpha value is -1.55. The van der Waals surface area contributed by atoms with Gasteiger partial charge in [0.1, 0.15) is 5.75 Å². The predicted octanol–water partition coefficient (Wildman–Crippen LogP) is 2.35. The number of aliphatic carboxylic acids is 1. The van der Waals surface area contributed by atoms with Gasteiger partial charge in [-0.2, -0.15) is 0 Å². The molecule has 0 aliphatic heterocycles. The van der Waals surface area contributed by atoms with E-state index in [0.29, 0.717) is 6.61 Å². The highest BCUT2D eigenvalue weighted by atomic mass is 16.5. The third kappa shape index (κ3) is 2.34. The monoisotopic (exact) mass is 250 g/mol. The number of benzene rings is 1. The summed E-state index contributed by atoms with van der Waals surface area (Å²) >= 11 is 0. The molecule has 0 bridgehead atoms. The average Bonchev–Trinajstić information content (AvgIpc) is 3.09. The van der Waals surface area contributed by atoms with Crippen LogP contribution in [-0.4, -0.2) is 25.3 Å². The molecule has 1 aliphatic carbocycles. The van der Waals surface area contributed by atoms with Crippen LogP contribution in [0.4, 0.5) is 0 Å². The molecule has 4 nitrogen and oxygen atoms in total. The van der Waals surface area contributed by atoms with E-state index >= 15 is 0 Å². The summed E-state index contributed by atoms with van der Waals surface area (Å²) in [7, 11) is 3.26. The van der Waals surface area contributed by atoms with Crippen molar-refractivity contribution < 1.29 is 19.4 Å². The SMILES string of the molecule is COCc1cccc(C2(CC(=O)O)CC2)c1OC. The lowest BCUT2D eigenvalue weighted by Gasteiger charge is -2.19. The van der Waals surface area contributed by atoms with E-state index < -0.39 is 5.97 Å². The van der Waals surface area contributed by atoms with Crippen LogP contribution in [0.15, 0.2) is 18.2 Å². The topological polar surface area (TPSA) is 55.8 Å². The van der Waals surface area contributed by atoms with Gasteiger partial charge in [-0.15, -0.1) is 0 Å². The Morgan fingerprint density at radius 3 is 2.61 bits per heavy atom. The van der Waals surface area contributed by atoms with Crippen molar-refractivity contribution in [2.75, 3.05) is 14.2 Å². The Labute approximate surface area is 107 Å². The van der Waals surface area contributed by atoms with Crippen LogP contribution >= 0.6 is 0 Å². The standard InChI is InChI=1S/C14H18O4/c1-17-9-10-4-3-5-11(13(10)18-2)14(6-7-14)8-12(15)16/h3-5H,6-9H2,1-2H3,(H,15,16). The van der Waals surface area contributed by atoms with Crippen LogP contribution in [0.3, 0.4) is 0 Å². The summed E-state index contributed by atoms with van der Waals surface area (Å²) in [6.45, 7) is 0.472. The first-order valence-corrected chi connectivity index (χ1v) is 6.00. The van der Waals surface area contributed by atoms with Crippen LogP contribution in [0.25, 0.3) is 0 Å². The Bertz CT molecular complexity index is 449. The molecule has 1 fully saturated rings. The number of para-hydroxylation sites is 1. The molecule has 1 aromatic rings. The van der Waals surface area contributed by atoms with Gasteiger partial charge in [0, 0.05) is 23.7 Å². The van der Waals surface area contributed by atoms with Crippen LogP contribution in [-0.2, 0) is 21.6 Å². The van der Waals surface area contributed by atoms with Crippen molar-refractivity contribution in [1.29, 1.82) is 0 Å². The number of carboxylic acids is 1. The summed E-state index contributed by atoms with van der Waals surface area (Å²) in [5.41, 5.74) is 1.73. The van der Waals surface area contributed by atoms with Crippen molar-refractivity contribution in [2.24, 2.45) is 0 Å². The van der Waals surface area contributed by atoms with Crippen molar-refractivity contribution in [1.82, 2.24) is 0 Å². The minimum Gasteiger partial charge on any atom is -0.496 e. The van der Waals surface area contributed by atoms with Gasteiger partial charge in [0.05, 0.1) is 20.1 Å². The number of methoxy groups -OCH3 is 2. The molecule has 18 heavy (non-hydrogen) atoms. The fourth-order valence-corrected chi connectivity index (χ4v) is 2.49. The van der Waals surface area contributed by atoms with Gasteiger partial charge in [-0.05, 0) is 12.8 Å². The minimum absolute atomic E-state index is 0.166. The maximum absolute atomic E-state index is 11.0. The van der Waals surface area contributed by atoms with E-state index in [0.717, 1.165) is 29.7 Å². The number of carbonyl (C=O) groups is 1. The molecule has 2 rings (SSSR count). The Kier molecular flexibility index (Phi) is 3.57. The normalized spacial score (nSPS) is 16.3. The zero-order valence-electron chi connectivity index (χ0n) is 10.7. The molecule has 1 saturated carbocycles. The van der Waals surface area contributed by atoms with Crippen LogP contribution in [0.1, 0.15) is 30.4 Å². The Morgan fingerprint density at radius 2 is 2.11 bits per heavy atom. The fourth-order valence-electron chi connectivity index (χ4n) is 2.49. The van der Waals surface area contributed by atoms with Gasteiger partial charge in [0.25, 0.3) is 0 Å². The van der Waals surface area contributed by atoms with E-state index in [1.807, 2.05) is 18.2 Å². The number of rotatable bonds is 6. The lowest BCUT2D eigenvalue weighted by Crippen LogP contribution is -2.15. The molecule has 0 atom stereocenters. The summed E-state index contributed by atoms with van der Waals surface area (Å²) in [5, 5.41) is 9.02. The van der Waals surface area contributed by atoms with Crippen molar-refractivity contribution in [3.63, 3.8) is 0 Å². The van der Waals surface area contributed by atoms with Gasteiger partial charge in [-0.1, -0.05) is 18.2 Å². The molecule has 0 heterocycles. The van der Waals surface area contributed by atoms with Crippen molar-refractivity contribution in [3.8, 4) is 5.75 Å². The third-order valence-electron chi connectivity index (χ3n) is 3.52. The zero-order valence-corrected chi connectivity index (χ0v) is 10.7. The maximum Gasteiger partial charge on any atom is 0.304 e. The number of carboxylic acid groups (broad SMARTS) is 1. The molecule has 1 aromatic carbocycles. The lowest BCUT2D eigenvalue weighted by atomic mass is 9.90. The summed E-state index contributed by atoms with van der Waals surface area (Å²) in [5.74, 6) is 0.0183. The van der Waals surface area contributed by atoms with Crippen LogP contribution in [0, 0.1) is 0 Å². The molecule has 0 unspecified atom stereocenters. The first kappa shape index (κ1) is 12.9. The second kappa shape index (κ2) is 4.98. The van der Waals surface area contributed by atoms with Crippen LogP contribution in [0.2, 0.25) is 0 Å². The maximum atomic E-state index is 11.0. The molecular formula is C14H18O4.